The van der Waals surface area contributed by atoms with Crippen LogP contribution in [0.4, 0.5) is 0 Å². The molecule has 4 heteroatoms. The number of nitrogens with zero attached hydrogens (tertiary/aromatic N) is 1. The SMILES string of the molecule is COC1C(N(C)N)CC(C)OC1(C)C. The lowest BCUT2D eigenvalue weighted by Gasteiger charge is -2.47. The van der Waals surface area contributed by atoms with Crippen LogP contribution >= 0.6 is 0 Å². The van der Waals surface area contributed by atoms with Gasteiger partial charge in [0.15, 0.2) is 0 Å². The number of hydrazine groups is 1. The Kier molecular flexibility index (Phi) is 3.53. The number of hydrogen-bond donors (Lipinski definition) is 1. The van der Waals surface area contributed by atoms with E-state index >= 15 is 0 Å². The standard InChI is InChI=1S/C10H22N2O2/c1-7-6-8(12(4)11)9(13-5)10(2,3)14-7/h7-9H,6,11H2,1-5H3. The lowest BCUT2D eigenvalue weighted by atomic mass is 9.87. The van der Waals surface area contributed by atoms with Crippen LogP contribution in [-0.2, 0) is 9.47 Å². The lowest BCUT2D eigenvalue weighted by molar-refractivity contribution is -0.202. The summed E-state index contributed by atoms with van der Waals surface area (Å²) in [6, 6.07) is 0.221. The van der Waals surface area contributed by atoms with Gasteiger partial charge in [0.25, 0.3) is 0 Å². The molecule has 4 nitrogen and oxygen atoms in total. The molecule has 1 fully saturated rings. The Balaban J connectivity index is 2.82. The summed E-state index contributed by atoms with van der Waals surface area (Å²) in [5.41, 5.74) is -0.273. The van der Waals surface area contributed by atoms with E-state index in [0.29, 0.717) is 0 Å². The largest absolute Gasteiger partial charge is 0.377 e. The van der Waals surface area contributed by atoms with E-state index in [0.717, 1.165) is 6.42 Å². The third kappa shape index (κ3) is 2.25. The van der Waals surface area contributed by atoms with E-state index in [1.807, 2.05) is 20.9 Å². The quantitative estimate of drug-likeness (QED) is 0.530. The first-order valence-electron chi connectivity index (χ1n) is 5.06. The van der Waals surface area contributed by atoms with Gasteiger partial charge in [0.1, 0.15) is 6.10 Å². The Hall–Kier alpha value is -0.160. The minimum Gasteiger partial charge on any atom is -0.377 e. The van der Waals surface area contributed by atoms with Crippen LogP contribution in [-0.4, -0.2) is 43.0 Å². The molecule has 0 aromatic heterocycles. The second-order valence-electron chi connectivity index (χ2n) is 4.66. The predicted octanol–water partition coefficient (Wildman–Crippen LogP) is 0.763. The molecule has 84 valence electrons. The molecule has 0 spiro atoms. The third-order valence-corrected chi connectivity index (χ3v) is 2.89. The summed E-state index contributed by atoms with van der Waals surface area (Å²) in [6.07, 6.45) is 1.16. The summed E-state index contributed by atoms with van der Waals surface area (Å²) in [7, 11) is 3.59. The number of nitrogens with two attached hydrogens (primary N) is 1. The minimum atomic E-state index is -0.273. The first kappa shape index (κ1) is 11.9. The molecule has 0 aliphatic carbocycles. The van der Waals surface area contributed by atoms with E-state index < -0.39 is 0 Å². The normalized spacial score (nSPS) is 37.5. The maximum Gasteiger partial charge on any atom is 0.102 e. The van der Waals surface area contributed by atoms with Crippen molar-refractivity contribution in [2.45, 2.75) is 51.0 Å². The van der Waals surface area contributed by atoms with Gasteiger partial charge < -0.3 is 9.47 Å². The van der Waals surface area contributed by atoms with Gasteiger partial charge in [0.05, 0.1) is 17.7 Å². The summed E-state index contributed by atoms with van der Waals surface area (Å²) in [5.74, 6) is 5.81. The van der Waals surface area contributed by atoms with Crippen molar-refractivity contribution in [3.63, 3.8) is 0 Å². The Morgan fingerprint density at radius 1 is 1.50 bits per heavy atom. The first-order chi connectivity index (χ1) is 6.38. The molecule has 1 aliphatic rings. The maximum absolute atomic E-state index is 5.85. The molecule has 3 atom stereocenters. The van der Waals surface area contributed by atoms with Crippen molar-refractivity contribution in [1.82, 2.24) is 5.01 Å². The zero-order valence-electron chi connectivity index (χ0n) is 9.78. The highest BCUT2D eigenvalue weighted by Crippen LogP contribution is 2.32. The monoisotopic (exact) mass is 202 g/mol. The topological polar surface area (TPSA) is 47.7 Å². The zero-order valence-corrected chi connectivity index (χ0v) is 9.78. The minimum absolute atomic E-state index is 0.0219. The molecule has 1 saturated heterocycles. The van der Waals surface area contributed by atoms with Gasteiger partial charge in [-0.05, 0) is 27.2 Å². The highest BCUT2D eigenvalue weighted by molar-refractivity contribution is 4.95. The Bertz CT molecular complexity index is 195. The van der Waals surface area contributed by atoms with Crippen LogP contribution in [0.3, 0.4) is 0 Å². The van der Waals surface area contributed by atoms with Crippen LogP contribution in [0, 0.1) is 0 Å². The molecule has 0 radical (unpaired) electrons. The highest BCUT2D eigenvalue weighted by atomic mass is 16.6. The highest BCUT2D eigenvalue weighted by Gasteiger charge is 2.44. The van der Waals surface area contributed by atoms with E-state index in [2.05, 4.69) is 6.92 Å². The van der Waals surface area contributed by atoms with E-state index in [1.165, 1.54) is 0 Å². The van der Waals surface area contributed by atoms with Crippen molar-refractivity contribution < 1.29 is 9.47 Å². The van der Waals surface area contributed by atoms with Crippen molar-refractivity contribution in [3.8, 4) is 0 Å². The van der Waals surface area contributed by atoms with E-state index in [4.69, 9.17) is 15.3 Å². The van der Waals surface area contributed by atoms with Crippen LogP contribution in [0.15, 0.2) is 0 Å². The molecule has 1 rings (SSSR count). The van der Waals surface area contributed by atoms with Crippen LogP contribution in [0.5, 0.6) is 0 Å². The Labute approximate surface area is 86.3 Å². The molecular weight excluding hydrogens is 180 g/mol. The molecule has 14 heavy (non-hydrogen) atoms. The van der Waals surface area contributed by atoms with Gasteiger partial charge in [-0.15, -0.1) is 0 Å². The molecule has 0 amide bonds. The number of hydrogen-bond acceptors (Lipinski definition) is 4. The van der Waals surface area contributed by atoms with Gasteiger partial charge in [0.2, 0.25) is 0 Å². The lowest BCUT2D eigenvalue weighted by Crippen LogP contribution is -2.61. The molecule has 1 aliphatic heterocycles. The average molecular weight is 202 g/mol. The van der Waals surface area contributed by atoms with Gasteiger partial charge in [0, 0.05) is 14.2 Å². The Morgan fingerprint density at radius 2 is 2.07 bits per heavy atom. The van der Waals surface area contributed by atoms with Gasteiger partial charge in [-0.2, -0.15) is 0 Å². The van der Waals surface area contributed by atoms with Crippen molar-refractivity contribution >= 4 is 0 Å². The summed E-state index contributed by atoms with van der Waals surface area (Å²) >= 11 is 0. The molecule has 0 aromatic rings. The maximum atomic E-state index is 5.85. The van der Waals surface area contributed by atoms with Gasteiger partial charge in [-0.3, -0.25) is 5.84 Å². The zero-order chi connectivity index (χ0) is 10.9. The molecule has 0 aromatic carbocycles. The Morgan fingerprint density at radius 3 is 2.50 bits per heavy atom. The molecular formula is C10H22N2O2. The number of methoxy groups -OCH3 is 1. The predicted molar refractivity (Wildman–Crippen MR) is 55.8 cm³/mol. The third-order valence-electron chi connectivity index (χ3n) is 2.89. The fourth-order valence-electron chi connectivity index (χ4n) is 2.38. The second kappa shape index (κ2) is 4.14. The van der Waals surface area contributed by atoms with Crippen molar-refractivity contribution in [2.24, 2.45) is 5.84 Å². The number of likely N-dealkylation sites (N-methyl/N-ethyl adjacent to an activating group) is 1. The second-order valence-corrected chi connectivity index (χ2v) is 4.66. The molecule has 2 N–H and O–H groups in total. The molecule has 1 heterocycles. The molecule has 3 unspecified atom stereocenters. The molecule has 0 saturated carbocycles. The van der Waals surface area contributed by atoms with Gasteiger partial charge in [-0.1, -0.05) is 0 Å². The van der Waals surface area contributed by atoms with Crippen LogP contribution in [0.1, 0.15) is 27.2 Å². The molecule has 0 bridgehead atoms. The fraction of sp³-hybridized carbons (Fsp3) is 1.00. The first-order valence-corrected chi connectivity index (χ1v) is 5.06. The fourth-order valence-corrected chi connectivity index (χ4v) is 2.38. The number of ether oxygens (including phenoxy) is 2. The van der Waals surface area contributed by atoms with Crippen molar-refractivity contribution in [3.05, 3.63) is 0 Å². The van der Waals surface area contributed by atoms with E-state index in [9.17, 15) is 0 Å². The summed E-state index contributed by atoms with van der Waals surface area (Å²) in [6.45, 7) is 6.17. The van der Waals surface area contributed by atoms with E-state index in [-0.39, 0.29) is 23.9 Å². The summed E-state index contributed by atoms with van der Waals surface area (Å²) < 4.78 is 11.3. The van der Waals surface area contributed by atoms with Gasteiger partial charge in [-0.25, -0.2) is 5.01 Å². The summed E-state index contributed by atoms with van der Waals surface area (Å²) in [5, 5.41) is 1.73. The van der Waals surface area contributed by atoms with Crippen LogP contribution < -0.4 is 5.84 Å². The van der Waals surface area contributed by atoms with Crippen molar-refractivity contribution in [1.29, 1.82) is 0 Å². The summed E-state index contributed by atoms with van der Waals surface area (Å²) in [4.78, 5) is 0. The number of rotatable bonds is 2. The van der Waals surface area contributed by atoms with E-state index in [1.54, 1.807) is 12.1 Å². The average Bonchev–Trinajstić information content (AvgIpc) is 2.00. The van der Waals surface area contributed by atoms with Crippen LogP contribution in [0.25, 0.3) is 0 Å². The van der Waals surface area contributed by atoms with Crippen molar-refractivity contribution in [2.75, 3.05) is 14.2 Å². The van der Waals surface area contributed by atoms with Gasteiger partial charge >= 0.3 is 0 Å². The smallest absolute Gasteiger partial charge is 0.102 e. The van der Waals surface area contributed by atoms with Crippen LogP contribution in [0.2, 0.25) is 0 Å².